The van der Waals surface area contributed by atoms with E-state index in [1.165, 1.54) is 12.0 Å². The summed E-state index contributed by atoms with van der Waals surface area (Å²) in [6.45, 7) is 4.41. The second kappa shape index (κ2) is 8.09. The van der Waals surface area contributed by atoms with E-state index < -0.39 is 0 Å². The molecule has 164 valence electrons. The van der Waals surface area contributed by atoms with Gasteiger partial charge in [0, 0.05) is 32.1 Å². The van der Waals surface area contributed by atoms with Gasteiger partial charge in [0.2, 0.25) is 11.7 Å². The number of likely N-dealkylation sites (tertiary alicyclic amines) is 1. The predicted molar refractivity (Wildman–Crippen MR) is 117 cm³/mol. The third kappa shape index (κ3) is 3.98. The summed E-state index contributed by atoms with van der Waals surface area (Å²) in [7, 11) is 0. The minimum atomic E-state index is -0.0913. The first-order valence-corrected chi connectivity index (χ1v) is 11.6. The van der Waals surface area contributed by atoms with Gasteiger partial charge in [0.1, 0.15) is 5.82 Å². The van der Waals surface area contributed by atoms with E-state index >= 15 is 0 Å². The van der Waals surface area contributed by atoms with Crippen molar-refractivity contribution in [3.63, 3.8) is 0 Å². The van der Waals surface area contributed by atoms with Crippen LogP contribution in [0.3, 0.4) is 0 Å². The van der Waals surface area contributed by atoms with E-state index in [9.17, 15) is 9.59 Å². The molecule has 0 unspecified atom stereocenters. The molecule has 31 heavy (non-hydrogen) atoms. The van der Waals surface area contributed by atoms with E-state index in [1.807, 2.05) is 27.7 Å². The number of benzene rings is 1. The topological polar surface area (TPSA) is 80.1 Å². The zero-order chi connectivity index (χ0) is 21.4. The van der Waals surface area contributed by atoms with Crippen LogP contribution >= 0.6 is 0 Å². The SMILES string of the molecule is Cc1ccccc1CC(=O)N1CCC2(CCc3nnc(C(=O)NC4CCC4)n3C2)CC1. The molecule has 5 rings (SSSR count). The molecule has 1 N–H and O–H groups in total. The van der Waals surface area contributed by atoms with E-state index in [1.54, 1.807) is 0 Å². The Morgan fingerprint density at radius 3 is 2.61 bits per heavy atom. The second-order valence-corrected chi connectivity index (χ2v) is 9.61. The Balaban J connectivity index is 1.22. The van der Waals surface area contributed by atoms with E-state index in [2.05, 4.69) is 28.5 Å². The zero-order valence-electron chi connectivity index (χ0n) is 18.3. The van der Waals surface area contributed by atoms with Crippen LogP contribution in [0.4, 0.5) is 0 Å². The number of nitrogens with zero attached hydrogens (tertiary/aromatic N) is 4. The molecule has 3 heterocycles. The number of carbonyl (C=O) groups is 2. The Morgan fingerprint density at radius 1 is 1.13 bits per heavy atom. The van der Waals surface area contributed by atoms with Crippen molar-refractivity contribution < 1.29 is 9.59 Å². The van der Waals surface area contributed by atoms with Gasteiger partial charge < -0.3 is 14.8 Å². The van der Waals surface area contributed by atoms with Crippen LogP contribution in [-0.2, 0) is 24.2 Å². The summed E-state index contributed by atoms with van der Waals surface area (Å²) < 4.78 is 2.04. The summed E-state index contributed by atoms with van der Waals surface area (Å²) in [5, 5.41) is 11.6. The molecule has 1 aliphatic carbocycles. The van der Waals surface area contributed by atoms with Crippen molar-refractivity contribution in [2.24, 2.45) is 5.41 Å². The van der Waals surface area contributed by atoms with Crippen LogP contribution in [0.1, 0.15) is 66.1 Å². The van der Waals surface area contributed by atoms with Crippen molar-refractivity contribution in [3.8, 4) is 0 Å². The molecule has 2 fully saturated rings. The summed E-state index contributed by atoms with van der Waals surface area (Å²) in [6.07, 6.45) is 7.61. The fourth-order valence-corrected chi connectivity index (χ4v) is 5.17. The molecule has 2 aliphatic heterocycles. The number of hydrogen-bond donors (Lipinski definition) is 1. The number of hydrogen-bond acceptors (Lipinski definition) is 4. The molecular formula is C24H31N5O2. The van der Waals surface area contributed by atoms with Gasteiger partial charge in [-0.25, -0.2) is 0 Å². The molecular weight excluding hydrogens is 390 g/mol. The lowest BCUT2D eigenvalue weighted by atomic mass is 9.73. The van der Waals surface area contributed by atoms with E-state index in [0.29, 0.717) is 18.3 Å². The molecule has 2 aromatic rings. The van der Waals surface area contributed by atoms with Gasteiger partial charge in [-0.2, -0.15) is 0 Å². The molecule has 2 amide bonds. The van der Waals surface area contributed by atoms with Gasteiger partial charge in [-0.1, -0.05) is 24.3 Å². The third-order valence-electron chi connectivity index (χ3n) is 7.62. The quantitative estimate of drug-likeness (QED) is 0.823. The third-order valence-corrected chi connectivity index (χ3v) is 7.62. The summed E-state index contributed by atoms with van der Waals surface area (Å²) >= 11 is 0. The smallest absolute Gasteiger partial charge is 0.289 e. The van der Waals surface area contributed by atoms with Crippen LogP contribution in [0.15, 0.2) is 24.3 Å². The normalized spacial score (nSPS) is 20.2. The fourth-order valence-electron chi connectivity index (χ4n) is 5.17. The maximum absolute atomic E-state index is 12.9. The van der Waals surface area contributed by atoms with Crippen molar-refractivity contribution in [2.75, 3.05) is 13.1 Å². The van der Waals surface area contributed by atoms with Crippen LogP contribution in [0.5, 0.6) is 0 Å². The highest BCUT2D eigenvalue weighted by Crippen LogP contribution is 2.41. The number of rotatable bonds is 4. The number of piperidine rings is 1. The van der Waals surface area contributed by atoms with Gasteiger partial charge in [0.25, 0.3) is 5.91 Å². The van der Waals surface area contributed by atoms with Gasteiger partial charge >= 0.3 is 0 Å². The average Bonchev–Trinajstić information content (AvgIpc) is 3.15. The van der Waals surface area contributed by atoms with Crippen molar-refractivity contribution in [1.29, 1.82) is 0 Å². The van der Waals surface area contributed by atoms with E-state index in [-0.39, 0.29) is 17.2 Å². The first kappa shape index (κ1) is 20.2. The Hall–Kier alpha value is -2.70. The lowest BCUT2D eigenvalue weighted by Crippen LogP contribution is -2.47. The average molecular weight is 422 g/mol. The molecule has 7 heteroatoms. The lowest BCUT2D eigenvalue weighted by Gasteiger charge is -2.44. The Kier molecular flexibility index (Phi) is 5.28. The van der Waals surface area contributed by atoms with Crippen molar-refractivity contribution in [1.82, 2.24) is 25.0 Å². The van der Waals surface area contributed by atoms with E-state index in [0.717, 1.165) is 69.5 Å². The second-order valence-electron chi connectivity index (χ2n) is 9.61. The lowest BCUT2D eigenvalue weighted by molar-refractivity contribution is -0.133. The molecule has 7 nitrogen and oxygen atoms in total. The molecule has 0 radical (unpaired) electrons. The summed E-state index contributed by atoms with van der Waals surface area (Å²) in [4.78, 5) is 27.6. The maximum Gasteiger partial charge on any atom is 0.289 e. The number of aromatic nitrogens is 3. The number of aryl methyl sites for hydroxylation is 2. The highest BCUT2D eigenvalue weighted by Gasteiger charge is 2.41. The Labute approximate surface area is 183 Å². The molecule has 1 spiro atoms. The fraction of sp³-hybridized carbons (Fsp3) is 0.583. The van der Waals surface area contributed by atoms with Crippen LogP contribution in [0.25, 0.3) is 0 Å². The van der Waals surface area contributed by atoms with Gasteiger partial charge in [0.15, 0.2) is 0 Å². The van der Waals surface area contributed by atoms with Crippen LogP contribution in [0, 0.1) is 12.3 Å². The molecule has 3 aliphatic rings. The number of fused-ring (bicyclic) bond motifs is 1. The van der Waals surface area contributed by atoms with Crippen LogP contribution in [0.2, 0.25) is 0 Å². The molecule has 1 saturated heterocycles. The van der Waals surface area contributed by atoms with Crippen molar-refractivity contribution in [2.45, 2.75) is 70.9 Å². The highest BCUT2D eigenvalue weighted by atomic mass is 16.2. The summed E-state index contributed by atoms with van der Waals surface area (Å²) in [5.74, 6) is 1.50. The monoisotopic (exact) mass is 421 g/mol. The number of nitrogens with one attached hydrogen (secondary N) is 1. The molecule has 1 aromatic heterocycles. The minimum Gasteiger partial charge on any atom is -0.347 e. The summed E-state index contributed by atoms with van der Waals surface area (Å²) in [5.41, 5.74) is 2.41. The molecule has 0 atom stereocenters. The Morgan fingerprint density at radius 2 is 1.90 bits per heavy atom. The van der Waals surface area contributed by atoms with Gasteiger partial charge in [-0.15, -0.1) is 10.2 Å². The largest absolute Gasteiger partial charge is 0.347 e. The zero-order valence-corrected chi connectivity index (χ0v) is 18.3. The van der Waals surface area contributed by atoms with Crippen molar-refractivity contribution in [3.05, 3.63) is 47.0 Å². The maximum atomic E-state index is 12.9. The van der Waals surface area contributed by atoms with Crippen LogP contribution < -0.4 is 5.32 Å². The van der Waals surface area contributed by atoms with E-state index in [4.69, 9.17) is 0 Å². The first-order chi connectivity index (χ1) is 15.0. The van der Waals surface area contributed by atoms with Gasteiger partial charge in [-0.3, -0.25) is 9.59 Å². The van der Waals surface area contributed by atoms with Gasteiger partial charge in [-0.05, 0) is 62.0 Å². The number of amides is 2. The number of carbonyl (C=O) groups excluding carboxylic acids is 2. The highest BCUT2D eigenvalue weighted by molar-refractivity contribution is 5.91. The molecule has 1 saturated carbocycles. The van der Waals surface area contributed by atoms with Crippen molar-refractivity contribution >= 4 is 11.8 Å². The standard InChI is InChI=1S/C24H31N5O2/c1-17-5-2-3-6-18(17)15-21(30)28-13-11-24(12-14-28)10-9-20-26-27-22(29(20)16-24)23(31)25-19-7-4-8-19/h2-3,5-6,19H,4,7-16H2,1H3,(H,25,31). The summed E-state index contributed by atoms with van der Waals surface area (Å²) in [6, 6.07) is 8.41. The Bertz CT molecular complexity index is 986. The molecule has 0 bridgehead atoms. The predicted octanol–water partition coefficient (Wildman–Crippen LogP) is 2.67. The first-order valence-electron chi connectivity index (χ1n) is 11.6. The minimum absolute atomic E-state index is 0.0913. The molecule has 1 aromatic carbocycles. The van der Waals surface area contributed by atoms with Crippen LogP contribution in [-0.4, -0.2) is 50.6 Å². The van der Waals surface area contributed by atoms with Gasteiger partial charge in [0.05, 0.1) is 6.42 Å².